The Bertz CT molecular complexity index is 598. The van der Waals surface area contributed by atoms with Crippen molar-refractivity contribution in [3.8, 4) is 0 Å². The highest BCUT2D eigenvalue weighted by molar-refractivity contribution is 7.50. The first-order chi connectivity index (χ1) is 13.7. The number of hydrogen-bond donors (Lipinski definition) is 7. The van der Waals surface area contributed by atoms with Crippen molar-refractivity contribution in [1.29, 1.82) is 0 Å². The Hall–Kier alpha value is 0.290. The fourth-order valence-corrected chi connectivity index (χ4v) is 5.28. The number of nitrogens with two attached hydrogens (primary N) is 1. The van der Waals surface area contributed by atoms with E-state index in [0.717, 1.165) is 27.8 Å². The molecule has 30 heavy (non-hydrogen) atoms. The molecule has 1 saturated heterocycles. The Labute approximate surface area is 176 Å². The average Bonchev–Trinajstić information content (AvgIpc) is 2.57. The molecule has 0 aliphatic carbocycles. The van der Waals surface area contributed by atoms with Crippen LogP contribution in [0.4, 0.5) is 0 Å². The smallest absolute Gasteiger partial charge is 0.138 e. The Kier molecular flexibility index (Phi) is 12.4. The first kappa shape index (κ1) is 28.3. The maximum atomic E-state index is 11.2. The second-order valence-corrected chi connectivity index (χ2v) is 13.1. The van der Waals surface area contributed by atoms with E-state index in [0.29, 0.717) is 39.3 Å². The van der Waals surface area contributed by atoms with Crippen molar-refractivity contribution in [2.24, 2.45) is 0 Å². The molecule has 0 aromatic heterocycles. The highest BCUT2D eigenvalue weighted by atomic mass is 31.2. The second-order valence-electron chi connectivity index (χ2n) is 7.95. The van der Waals surface area contributed by atoms with E-state index in [2.05, 4.69) is 5.32 Å². The van der Waals surface area contributed by atoms with Crippen LogP contribution in [0.1, 0.15) is 0 Å². The van der Waals surface area contributed by atoms with Crippen LogP contribution in [0.2, 0.25) is 0 Å². The fourth-order valence-electron chi connectivity index (χ4n) is 3.49. The molecule has 16 heteroatoms. The van der Waals surface area contributed by atoms with Gasteiger partial charge in [-0.2, -0.15) is 0 Å². The number of nitrogens with one attached hydrogen (secondary N) is 3. The molecule has 0 aromatic rings. The molecular formula is C14H36N4O9P3+. The minimum atomic E-state index is -4.40. The minimum absolute atomic E-state index is 0.185. The molecule has 1 rings (SSSR count). The standard InChI is InChI=1S/C14H35N4O9P3/c19-28(20,21)12-9-16-3-1-15-2-4-17(10-13-29(22,23)24)6-8-18(7-5-16)11-14-30(25,26)27/h15H,1-14H2,(H2,19,20,21)(H2,22,23,24)(H2,25,26,27)/p+1. The molecule has 8 N–H and O–H groups in total. The third-order valence-electron chi connectivity index (χ3n) is 5.31. The van der Waals surface area contributed by atoms with Gasteiger partial charge < -0.3 is 63.1 Å². The third kappa shape index (κ3) is 16.0. The minimum Gasteiger partial charge on any atom is -0.778 e. The Morgan fingerprint density at radius 3 is 1.13 bits per heavy atom. The zero-order chi connectivity index (χ0) is 22.8. The molecule has 0 saturated carbocycles. The SMILES string of the molecule is O=P([O-])(O)CC[NH+]1CC[NH2+]CC[NH+](CCP(=O)([O-])O)CC[NH+](CCP(=O)([O-])O)CC1. The summed E-state index contributed by atoms with van der Waals surface area (Å²) in [5.74, 6) is 0. The lowest BCUT2D eigenvalue weighted by Crippen LogP contribution is -3.25. The van der Waals surface area contributed by atoms with Crippen LogP contribution in [-0.4, -0.2) is 105 Å². The lowest BCUT2D eigenvalue weighted by Gasteiger charge is -2.28. The van der Waals surface area contributed by atoms with Gasteiger partial charge in [-0.1, -0.05) is 0 Å². The summed E-state index contributed by atoms with van der Waals surface area (Å²) in [6, 6.07) is 0. The van der Waals surface area contributed by atoms with E-state index in [-0.39, 0.29) is 38.1 Å². The summed E-state index contributed by atoms with van der Waals surface area (Å²) in [7, 11) is -13.1. The summed E-state index contributed by atoms with van der Waals surface area (Å²) in [5.41, 5.74) is 0. The predicted molar refractivity (Wildman–Crippen MR) is 102 cm³/mol. The molecule has 1 aliphatic heterocycles. The van der Waals surface area contributed by atoms with E-state index in [1.54, 1.807) is 0 Å². The van der Waals surface area contributed by atoms with Gasteiger partial charge in [0, 0.05) is 0 Å². The van der Waals surface area contributed by atoms with Gasteiger partial charge in [0.15, 0.2) is 0 Å². The van der Waals surface area contributed by atoms with Crippen LogP contribution in [0.3, 0.4) is 0 Å². The van der Waals surface area contributed by atoms with Gasteiger partial charge >= 0.3 is 0 Å². The van der Waals surface area contributed by atoms with Crippen molar-refractivity contribution in [3.05, 3.63) is 0 Å². The van der Waals surface area contributed by atoms with Gasteiger partial charge in [-0.25, -0.2) is 0 Å². The number of quaternary nitrogens is 4. The van der Waals surface area contributed by atoms with Crippen LogP contribution in [0.5, 0.6) is 0 Å². The zero-order valence-electron chi connectivity index (χ0n) is 17.1. The van der Waals surface area contributed by atoms with E-state index in [9.17, 15) is 28.4 Å². The Morgan fingerprint density at radius 2 is 0.867 bits per heavy atom. The van der Waals surface area contributed by atoms with E-state index < -0.39 is 22.8 Å². The third-order valence-corrected chi connectivity index (χ3v) is 7.68. The Balaban J connectivity index is 2.75. The molecule has 0 spiro atoms. The van der Waals surface area contributed by atoms with Gasteiger partial charge in [0.25, 0.3) is 0 Å². The second kappa shape index (κ2) is 13.1. The molecule has 0 amide bonds. The zero-order valence-corrected chi connectivity index (χ0v) is 19.8. The van der Waals surface area contributed by atoms with Crippen LogP contribution in [0, 0.1) is 0 Å². The van der Waals surface area contributed by atoms with Gasteiger partial charge in [-0.3, -0.25) is 0 Å². The van der Waals surface area contributed by atoms with Gasteiger partial charge in [0.05, 0.1) is 38.1 Å². The monoisotopic (exact) mass is 497 g/mol. The summed E-state index contributed by atoms with van der Waals surface area (Å²) >= 11 is 0. The molecule has 1 fully saturated rings. The van der Waals surface area contributed by atoms with Gasteiger partial charge in [0.1, 0.15) is 75.1 Å². The van der Waals surface area contributed by atoms with Crippen LogP contribution in [0.25, 0.3) is 0 Å². The molecule has 0 bridgehead atoms. The molecule has 5 unspecified atom stereocenters. The van der Waals surface area contributed by atoms with E-state index >= 15 is 0 Å². The molecule has 0 aromatic carbocycles. The summed E-state index contributed by atoms with van der Waals surface area (Å²) in [6.45, 7) is 5.68. The normalized spacial score (nSPS) is 30.8. The molecule has 0 radical (unpaired) electrons. The van der Waals surface area contributed by atoms with E-state index in [1.165, 1.54) is 0 Å². The average molecular weight is 497 g/mol. The maximum Gasteiger partial charge on any atom is 0.138 e. The van der Waals surface area contributed by atoms with Crippen LogP contribution in [-0.2, 0) is 13.7 Å². The maximum absolute atomic E-state index is 11.2. The topological polar surface area (TPSA) is 211 Å². The first-order valence-electron chi connectivity index (χ1n) is 10.1. The molecule has 5 atom stereocenters. The molecule has 1 heterocycles. The quantitative estimate of drug-likeness (QED) is 0.151. The van der Waals surface area contributed by atoms with Crippen molar-refractivity contribution in [2.75, 3.05) is 90.5 Å². The van der Waals surface area contributed by atoms with Crippen molar-refractivity contribution in [1.82, 2.24) is 0 Å². The molecular weight excluding hydrogens is 461 g/mol. The highest BCUT2D eigenvalue weighted by Gasteiger charge is 2.22. The van der Waals surface area contributed by atoms with Crippen molar-refractivity contribution in [2.45, 2.75) is 0 Å². The lowest BCUT2D eigenvalue weighted by molar-refractivity contribution is -0.988. The summed E-state index contributed by atoms with van der Waals surface area (Å²) in [6.07, 6.45) is -1.02. The van der Waals surface area contributed by atoms with E-state index in [4.69, 9.17) is 14.7 Å². The van der Waals surface area contributed by atoms with Crippen molar-refractivity contribution in [3.63, 3.8) is 0 Å². The fraction of sp³-hybridized carbons (Fsp3) is 1.00. The molecule has 13 nitrogen and oxygen atoms in total. The van der Waals surface area contributed by atoms with Crippen LogP contribution >= 0.6 is 22.8 Å². The molecule has 180 valence electrons. The van der Waals surface area contributed by atoms with E-state index in [1.807, 2.05) is 0 Å². The van der Waals surface area contributed by atoms with Gasteiger partial charge in [0.2, 0.25) is 0 Å². The van der Waals surface area contributed by atoms with Crippen LogP contribution < -0.4 is 34.7 Å². The lowest BCUT2D eigenvalue weighted by atomic mass is 10.3. The number of hydrogen-bond acceptors (Lipinski definition) is 6. The highest BCUT2D eigenvalue weighted by Crippen LogP contribution is 2.27. The van der Waals surface area contributed by atoms with Crippen molar-refractivity contribution >= 4 is 22.8 Å². The van der Waals surface area contributed by atoms with Crippen molar-refractivity contribution < 1.29 is 63.1 Å². The summed E-state index contributed by atoms with van der Waals surface area (Å²) in [4.78, 5) is 63.4. The number of rotatable bonds is 9. The Morgan fingerprint density at radius 1 is 0.600 bits per heavy atom. The summed E-state index contributed by atoms with van der Waals surface area (Å²) < 4.78 is 33.4. The summed E-state index contributed by atoms with van der Waals surface area (Å²) in [5, 5.41) is 2.07. The largest absolute Gasteiger partial charge is 0.778 e. The van der Waals surface area contributed by atoms with Crippen LogP contribution in [0.15, 0.2) is 0 Å². The predicted octanol–water partition coefficient (Wildman–Crippen LogP) is -9.14. The molecule has 1 aliphatic rings. The first-order valence-corrected chi connectivity index (χ1v) is 15.4. The van der Waals surface area contributed by atoms with Gasteiger partial charge in [-0.05, 0) is 0 Å². The van der Waals surface area contributed by atoms with Gasteiger partial charge in [-0.15, -0.1) is 0 Å².